The number of hydrogen-bond acceptors (Lipinski definition) is 2. The molecule has 0 heterocycles. The van der Waals surface area contributed by atoms with Crippen LogP contribution in [0.3, 0.4) is 0 Å². The van der Waals surface area contributed by atoms with E-state index in [1.807, 2.05) is 0 Å². The lowest BCUT2D eigenvalue weighted by Gasteiger charge is -2.05. The average Bonchev–Trinajstić information content (AvgIpc) is 2.35. The summed E-state index contributed by atoms with van der Waals surface area (Å²) in [7, 11) is 0. The zero-order valence-corrected chi connectivity index (χ0v) is 12.5. The third kappa shape index (κ3) is 3.77. The van der Waals surface area contributed by atoms with Crippen LogP contribution in [-0.2, 0) is 0 Å². The maximum atomic E-state index is 6.02. The minimum atomic E-state index is 0.492. The highest BCUT2D eigenvalue weighted by Gasteiger charge is 2.03. The van der Waals surface area contributed by atoms with E-state index in [1.54, 1.807) is 42.6 Å². The van der Waals surface area contributed by atoms with Crippen LogP contribution in [0.15, 0.2) is 41.5 Å². The lowest BCUT2D eigenvalue weighted by atomic mass is 10.2. The molecule has 2 nitrogen and oxygen atoms in total. The topological polar surface area (TPSA) is 24.4 Å². The number of hydrazone groups is 1. The fourth-order valence-corrected chi connectivity index (χ4v) is 2.32. The molecule has 0 aliphatic carbocycles. The molecule has 0 fully saturated rings. The highest BCUT2D eigenvalue weighted by Crippen LogP contribution is 2.29. The van der Waals surface area contributed by atoms with Gasteiger partial charge in [-0.1, -0.05) is 58.5 Å². The summed E-state index contributed by atoms with van der Waals surface area (Å²) in [6.07, 6.45) is 1.57. The predicted molar refractivity (Wildman–Crippen MR) is 84.1 cm³/mol. The van der Waals surface area contributed by atoms with E-state index in [1.165, 1.54) is 0 Å². The third-order valence-corrected chi connectivity index (χ3v) is 3.50. The van der Waals surface area contributed by atoms with Gasteiger partial charge in [-0.15, -0.1) is 0 Å². The molecule has 0 spiro atoms. The maximum absolute atomic E-state index is 6.02. The van der Waals surface area contributed by atoms with Crippen LogP contribution >= 0.6 is 46.4 Å². The van der Waals surface area contributed by atoms with Gasteiger partial charge in [-0.25, -0.2) is 0 Å². The van der Waals surface area contributed by atoms with Gasteiger partial charge in [0.1, 0.15) is 0 Å². The second kappa shape index (κ2) is 6.49. The zero-order valence-electron chi connectivity index (χ0n) is 9.50. The first kappa shape index (κ1) is 14.5. The summed E-state index contributed by atoms with van der Waals surface area (Å²) in [4.78, 5) is 0. The summed E-state index contributed by atoms with van der Waals surface area (Å²) in [5.41, 5.74) is 4.07. The Morgan fingerprint density at radius 2 is 1.58 bits per heavy atom. The van der Waals surface area contributed by atoms with Gasteiger partial charge < -0.3 is 0 Å². The molecular formula is C13H8Cl4N2. The quantitative estimate of drug-likeness (QED) is 0.561. The molecule has 0 saturated heterocycles. The van der Waals surface area contributed by atoms with Crippen LogP contribution in [0.25, 0.3) is 0 Å². The summed E-state index contributed by atoms with van der Waals surface area (Å²) in [6.45, 7) is 0. The van der Waals surface area contributed by atoms with Gasteiger partial charge in [0.15, 0.2) is 0 Å². The predicted octanol–water partition coefficient (Wildman–Crippen LogP) is 5.75. The molecule has 2 aromatic carbocycles. The number of nitrogens with zero attached hydrogens (tertiary/aromatic N) is 1. The summed E-state index contributed by atoms with van der Waals surface area (Å²) in [5.74, 6) is 0. The van der Waals surface area contributed by atoms with Crippen LogP contribution in [0.1, 0.15) is 5.56 Å². The van der Waals surface area contributed by atoms with E-state index in [0.29, 0.717) is 25.8 Å². The maximum Gasteiger partial charge on any atom is 0.0934 e. The van der Waals surface area contributed by atoms with Gasteiger partial charge in [0.25, 0.3) is 0 Å². The van der Waals surface area contributed by atoms with Gasteiger partial charge in [-0.3, -0.25) is 5.43 Å². The van der Waals surface area contributed by atoms with Crippen LogP contribution in [0.4, 0.5) is 5.69 Å². The van der Waals surface area contributed by atoms with Crippen molar-refractivity contribution < 1.29 is 0 Å². The number of hydrogen-bond donors (Lipinski definition) is 1. The zero-order chi connectivity index (χ0) is 13.8. The van der Waals surface area contributed by atoms with Crippen LogP contribution in [0, 0.1) is 0 Å². The Bertz CT molecular complexity index is 606. The number of para-hydroxylation sites is 1. The van der Waals surface area contributed by atoms with Crippen molar-refractivity contribution in [2.24, 2.45) is 5.10 Å². The Balaban J connectivity index is 2.16. The average molecular weight is 334 g/mol. The van der Waals surface area contributed by atoms with E-state index in [2.05, 4.69) is 10.5 Å². The molecule has 19 heavy (non-hydrogen) atoms. The number of nitrogens with one attached hydrogen (secondary N) is 1. The molecule has 0 aromatic heterocycles. The van der Waals surface area contributed by atoms with Crippen molar-refractivity contribution in [1.29, 1.82) is 0 Å². The van der Waals surface area contributed by atoms with Crippen molar-refractivity contribution in [2.45, 2.75) is 0 Å². The molecule has 0 aliphatic rings. The molecule has 0 radical (unpaired) electrons. The first-order valence-electron chi connectivity index (χ1n) is 5.26. The summed E-state index contributed by atoms with van der Waals surface area (Å²) in [5, 5.41) is 6.13. The summed E-state index contributed by atoms with van der Waals surface area (Å²) >= 11 is 23.8. The number of rotatable bonds is 3. The van der Waals surface area contributed by atoms with Gasteiger partial charge in [0, 0.05) is 10.6 Å². The molecule has 0 atom stereocenters. The first-order valence-corrected chi connectivity index (χ1v) is 6.77. The number of halogens is 4. The highest BCUT2D eigenvalue weighted by molar-refractivity contribution is 6.39. The van der Waals surface area contributed by atoms with Gasteiger partial charge in [-0.2, -0.15) is 5.10 Å². The molecule has 0 unspecified atom stereocenters. The first-order chi connectivity index (χ1) is 9.08. The van der Waals surface area contributed by atoms with Crippen LogP contribution in [-0.4, -0.2) is 6.21 Å². The monoisotopic (exact) mass is 332 g/mol. The molecule has 1 N–H and O–H groups in total. The molecular weight excluding hydrogens is 326 g/mol. The normalized spacial score (nSPS) is 10.9. The second-order valence-electron chi connectivity index (χ2n) is 3.63. The molecule has 6 heteroatoms. The van der Waals surface area contributed by atoms with Crippen LogP contribution in [0.5, 0.6) is 0 Å². The van der Waals surface area contributed by atoms with Crippen LogP contribution < -0.4 is 5.43 Å². The summed E-state index contributed by atoms with van der Waals surface area (Å²) < 4.78 is 0. The SMILES string of the molecule is Clc1ccc(C=NNc2c(Cl)cccc2Cl)c(Cl)c1. The summed E-state index contributed by atoms with van der Waals surface area (Å²) in [6, 6.07) is 10.4. The van der Waals surface area contributed by atoms with Crippen molar-refractivity contribution in [2.75, 3.05) is 5.43 Å². The Kier molecular flexibility index (Phi) is 4.94. The fourth-order valence-electron chi connectivity index (χ4n) is 1.38. The van der Waals surface area contributed by atoms with Crippen molar-refractivity contribution >= 4 is 58.3 Å². The van der Waals surface area contributed by atoms with Crippen molar-refractivity contribution in [3.63, 3.8) is 0 Å². The standard InChI is InChI=1S/C13H8Cl4N2/c14-9-5-4-8(12(17)6-9)7-18-19-13-10(15)2-1-3-11(13)16/h1-7,19H. The van der Waals surface area contributed by atoms with Gasteiger partial charge in [0.05, 0.1) is 27.0 Å². The Labute approximate surface area is 130 Å². The van der Waals surface area contributed by atoms with E-state index >= 15 is 0 Å². The number of anilines is 1. The lowest BCUT2D eigenvalue weighted by Crippen LogP contribution is -1.93. The molecule has 2 rings (SSSR count). The van der Waals surface area contributed by atoms with Gasteiger partial charge >= 0.3 is 0 Å². The smallest absolute Gasteiger partial charge is 0.0934 e. The Morgan fingerprint density at radius 1 is 0.895 bits per heavy atom. The van der Waals surface area contributed by atoms with Crippen molar-refractivity contribution in [3.8, 4) is 0 Å². The van der Waals surface area contributed by atoms with E-state index in [9.17, 15) is 0 Å². The van der Waals surface area contributed by atoms with Gasteiger partial charge in [-0.05, 0) is 24.3 Å². The third-order valence-electron chi connectivity index (χ3n) is 2.31. The van der Waals surface area contributed by atoms with E-state index in [4.69, 9.17) is 46.4 Å². The van der Waals surface area contributed by atoms with Crippen LogP contribution in [0.2, 0.25) is 20.1 Å². The lowest BCUT2D eigenvalue weighted by molar-refractivity contribution is 1.35. The van der Waals surface area contributed by atoms with Crippen molar-refractivity contribution in [3.05, 3.63) is 62.1 Å². The molecule has 0 saturated carbocycles. The van der Waals surface area contributed by atoms with Crippen molar-refractivity contribution in [1.82, 2.24) is 0 Å². The Morgan fingerprint density at radius 3 is 2.21 bits per heavy atom. The minimum Gasteiger partial charge on any atom is -0.275 e. The largest absolute Gasteiger partial charge is 0.275 e. The van der Waals surface area contributed by atoms with E-state index in [0.717, 1.165) is 5.56 Å². The molecule has 98 valence electrons. The molecule has 0 aliphatic heterocycles. The minimum absolute atomic E-state index is 0.492. The molecule has 0 bridgehead atoms. The highest BCUT2D eigenvalue weighted by atomic mass is 35.5. The molecule has 0 amide bonds. The van der Waals surface area contributed by atoms with E-state index in [-0.39, 0.29) is 0 Å². The second-order valence-corrected chi connectivity index (χ2v) is 5.29. The van der Waals surface area contributed by atoms with Gasteiger partial charge in [0.2, 0.25) is 0 Å². The van der Waals surface area contributed by atoms with E-state index < -0.39 is 0 Å². The fraction of sp³-hybridized carbons (Fsp3) is 0. The molecule has 2 aromatic rings. The Hall–Kier alpha value is -0.930. The number of benzene rings is 2.